The van der Waals surface area contributed by atoms with Crippen molar-refractivity contribution in [2.45, 2.75) is 25.9 Å². The summed E-state index contributed by atoms with van der Waals surface area (Å²) in [5, 5.41) is 9.23. The molecule has 0 amide bonds. The number of aliphatic hydroxyl groups is 1. The van der Waals surface area contributed by atoms with Gasteiger partial charge in [-0.1, -0.05) is 19.1 Å². The van der Waals surface area contributed by atoms with Gasteiger partial charge in [0.2, 0.25) is 0 Å². The van der Waals surface area contributed by atoms with Crippen LogP contribution in [0, 0.1) is 5.92 Å². The van der Waals surface area contributed by atoms with Crippen LogP contribution in [0.25, 0.3) is 0 Å². The third kappa shape index (κ3) is 4.33. The van der Waals surface area contributed by atoms with Crippen molar-refractivity contribution in [2.75, 3.05) is 0 Å². The van der Waals surface area contributed by atoms with Crippen LogP contribution in [0.3, 0.4) is 0 Å². The van der Waals surface area contributed by atoms with Gasteiger partial charge in [-0.15, -0.1) is 13.2 Å². The zero-order chi connectivity index (χ0) is 7.98. The Labute approximate surface area is 63.1 Å². The van der Waals surface area contributed by atoms with Gasteiger partial charge in [-0.3, -0.25) is 0 Å². The molecule has 0 bridgehead atoms. The van der Waals surface area contributed by atoms with Crippen LogP contribution in [0.15, 0.2) is 25.3 Å². The van der Waals surface area contributed by atoms with E-state index in [0.717, 1.165) is 6.42 Å². The molecule has 0 aromatic rings. The first kappa shape index (κ1) is 9.44. The van der Waals surface area contributed by atoms with E-state index in [1.807, 2.05) is 13.0 Å². The molecular formula is C9H16O. The molecule has 58 valence electrons. The van der Waals surface area contributed by atoms with E-state index in [2.05, 4.69) is 13.2 Å². The summed E-state index contributed by atoms with van der Waals surface area (Å²) >= 11 is 0. The SMILES string of the molecule is C=CC[C@@H](O)C[C@@H](C)C=C. The van der Waals surface area contributed by atoms with Crippen LogP contribution in [-0.2, 0) is 0 Å². The van der Waals surface area contributed by atoms with Crippen molar-refractivity contribution in [3.05, 3.63) is 25.3 Å². The van der Waals surface area contributed by atoms with Crippen LogP contribution in [0.5, 0.6) is 0 Å². The second-order valence-corrected chi connectivity index (χ2v) is 2.63. The molecule has 1 N–H and O–H groups in total. The van der Waals surface area contributed by atoms with E-state index < -0.39 is 0 Å². The van der Waals surface area contributed by atoms with Crippen molar-refractivity contribution in [3.63, 3.8) is 0 Å². The minimum Gasteiger partial charge on any atom is -0.393 e. The molecule has 0 saturated carbocycles. The summed E-state index contributed by atoms with van der Waals surface area (Å²) in [4.78, 5) is 0. The van der Waals surface area contributed by atoms with Gasteiger partial charge in [-0.05, 0) is 18.8 Å². The van der Waals surface area contributed by atoms with Crippen LogP contribution in [-0.4, -0.2) is 11.2 Å². The van der Waals surface area contributed by atoms with E-state index in [9.17, 15) is 5.11 Å². The van der Waals surface area contributed by atoms with Gasteiger partial charge in [0.15, 0.2) is 0 Å². The normalized spacial score (nSPS) is 15.8. The Bertz CT molecular complexity index is 107. The van der Waals surface area contributed by atoms with Crippen molar-refractivity contribution in [3.8, 4) is 0 Å². The summed E-state index contributed by atoms with van der Waals surface area (Å²) in [5.41, 5.74) is 0. The molecule has 0 aliphatic heterocycles. The van der Waals surface area contributed by atoms with Crippen molar-refractivity contribution in [1.29, 1.82) is 0 Å². The second-order valence-electron chi connectivity index (χ2n) is 2.63. The van der Waals surface area contributed by atoms with E-state index in [1.54, 1.807) is 6.08 Å². The Morgan fingerprint density at radius 2 is 2.10 bits per heavy atom. The predicted octanol–water partition coefficient (Wildman–Crippen LogP) is 2.14. The summed E-state index contributed by atoms with van der Waals surface area (Å²) in [5.74, 6) is 0.398. The fourth-order valence-electron chi connectivity index (χ4n) is 0.814. The highest BCUT2D eigenvalue weighted by Crippen LogP contribution is 2.08. The molecule has 0 fully saturated rings. The van der Waals surface area contributed by atoms with Crippen molar-refractivity contribution in [1.82, 2.24) is 0 Å². The fraction of sp³-hybridized carbons (Fsp3) is 0.556. The average molecular weight is 140 g/mol. The van der Waals surface area contributed by atoms with E-state index in [0.29, 0.717) is 12.3 Å². The Morgan fingerprint density at radius 1 is 1.50 bits per heavy atom. The van der Waals surface area contributed by atoms with E-state index >= 15 is 0 Å². The van der Waals surface area contributed by atoms with Gasteiger partial charge >= 0.3 is 0 Å². The van der Waals surface area contributed by atoms with Crippen molar-refractivity contribution in [2.24, 2.45) is 5.92 Å². The minimum atomic E-state index is -0.245. The molecule has 2 atom stereocenters. The second kappa shape index (κ2) is 5.24. The molecule has 0 aromatic carbocycles. The lowest BCUT2D eigenvalue weighted by molar-refractivity contribution is 0.156. The highest BCUT2D eigenvalue weighted by molar-refractivity contribution is 4.80. The van der Waals surface area contributed by atoms with Crippen LogP contribution < -0.4 is 0 Å². The summed E-state index contributed by atoms with van der Waals surface area (Å²) in [6.45, 7) is 9.23. The molecule has 0 radical (unpaired) electrons. The van der Waals surface area contributed by atoms with Gasteiger partial charge in [0.05, 0.1) is 6.10 Å². The van der Waals surface area contributed by atoms with E-state index in [1.165, 1.54) is 0 Å². The molecule has 1 heteroatoms. The molecule has 0 spiro atoms. The maximum absolute atomic E-state index is 9.23. The van der Waals surface area contributed by atoms with Crippen LogP contribution in [0.4, 0.5) is 0 Å². The van der Waals surface area contributed by atoms with Crippen LogP contribution in [0.1, 0.15) is 19.8 Å². The lowest BCUT2D eigenvalue weighted by Gasteiger charge is -2.10. The lowest BCUT2D eigenvalue weighted by atomic mass is 10.0. The average Bonchev–Trinajstić information content (AvgIpc) is 1.88. The molecule has 10 heavy (non-hydrogen) atoms. The first-order valence-electron chi connectivity index (χ1n) is 3.62. The van der Waals surface area contributed by atoms with Gasteiger partial charge < -0.3 is 5.11 Å². The number of allylic oxidation sites excluding steroid dienone is 1. The number of rotatable bonds is 5. The molecule has 0 aliphatic carbocycles. The van der Waals surface area contributed by atoms with E-state index in [4.69, 9.17) is 0 Å². The molecule has 0 aliphatic rings. The molecular weight excluding hydrogens is 124 g/mol. The van der Waals surface area contributed by atoms with Crippen molar-refractivity contribution < 1.29 is 5.11 Å². The first-order chi connectivity index (χ1) is 4.70. The Balaban J connectivity index is 3.45. The molecule has 0 rings (SSSR count). The summed E-state index contributed by atoms with van der Waals surface area (Å²) in [6, 6.07) is 0. The summed E-state index contributed by atoms with van der Waals surface area (Å²) < 4.78 is 0. The van der Waals surface area contributed by atoms with Crippen LogP contribution >= 0.6 is 0 Å². The molecule has 0 heterocycles. The number of hydrogen-bond donors (Lipinski definition) is 1. The topological polar surface area (TPSA) is 20.2 Å². The van der Waals surface area contributed by atoms with Crippen LogP contribution in [0.2, 0.25) is 0 Å². The standard InChI is InChI=1S/C9H16O/c1-4-6-9(10)7-8(3)5-2/h4-5,8-10H,1-2,6-7H2,3H3/t8-,9+/m0/s1. The van der Waals surface area contributed by atoms with Gasteiger partial charge in [-0.2, -0.15) is 0 Å². The van der Waals surface area contributed by atoms with Gasteiger partial charge in [0, 0.05) is 0 Å². The predicted molar refractivity (Wildman–Crippen MR) is 44.8 cm³/mol. The zero-order valence-corrected chi connectivity index (χ0v) is 6.59. The maximum atomic E-state index is 9.23. The third-order valence-electron chi connectivity index (χ3n) is 1.48. The molecule has 0 aromatic heterocycles. The highest BCUT2D eigenvalue weighted by atomic mass is 16.3. The smallest absolute Gasteiger partial charge is 0.0580 e. The Morgan fingerprint density at radius 3 is 2.50 bits per heavy atom. The monoisotopic (exact) mass is 140 g/mol. The maximum Gasteiger partial charge on any atom is 0.0580 e. The summed E-state index contributed by atoms with van der Waals surface area (Å²) in [7, 11) is 0. The molecule has 0 unspecified atom stereocenters. The van der Waals surface area contributed by atoms with Gasteiger partial charge in [-0.25, -0.2) is 0 Å². The number of hydrogen-bond acceptors (Lipinski definition) is 1. The van der Waals surface area contributed by atoms with Crippen molar-refractivity contribution >= 4 is 0 Å². The quantitative estimate of drug-likeness (QED) is 0.580. The zero-order valence-electron chi connectivity index (χ0n) is 6.59. The molecule has 0 saturated heterocycles. The third-order valence-corrected chi connectivity index (χ3v) is 1.48. The van der Waals surface area contributed by atoms with Gasteiger partial charge in [0.1, 0.15) is 0 Å². The highest BCUT2D eigenvalue weighted by Gasteiger charge is 2.04. The Kier molecular flexibility index (Phi) is 4.95. The summed E-state index contributed by atoms with van der Waals surface area (Å²) in [6.07, 6.45) is 4.81. The first-order valence-corrected chi connectivity index (χ1v) is 3.62. The lowest BCUT2D eigenvalue weighted by Crippen LogP contribution is -2.08. The van der Waals surface area contributed by atoms with Gasteiger partial charge in [0.25, 0.3) is 0 Å². The fourth-order valence-corrected chi connectivity index (χ4v) is 0.814. The molecule has 1 nitrogen and oxygen atoms in total. The minimum absolute atomic E-state index is 0.245. The largest absolute Gasteiger partial charge is 0.393 e. The Hall–Kier alpha value is -0.560. The van der Waals surface area contributed by atoms with E-state index in [-0.39, 0.29) is 6.10 Å². The number of aliphatic hydroxyl groups excluding tert-OH is 1.